The summed E-state index contributed by atoms with van der Waals surface area (Å²) in [6.07, 6.45) is 0. The molecule has 6 N–H and O–H groups in total. The lowest BCUT2D eigenvalue weighted by molar-refractivity contribution is 0.991. The first kappa shape index (κ1) is 14.3. The molecule has 7 heteroatoms. The van der Waals surface area contributed by atoms with Gasteiger partial charge in [0.25, 0.3) is 5.95 Å². The summed E-state index contributed by atoms with van der Waals surface area (Å²) in [5, 5.41) is 9.25. The summed E-state index contributed by atoms with van der Waals surface area (Å²) in [4.78, 5) is 3.41. The number of nitrogens with zero attached hydrogens (tertiary/aromatic N) is 3. The van der Waals surface area contributed by atoms with E-state index in [0.717, 1.165) is 27.7 Å². The maximum absolute atomic E-state index is 6.07. The van der Waals surface area contributed by atoms with Crippen LogP contribution < -0.4 is 17.1 Å². The summed E-state index contributed by atoms with van der Waals surface area (Å²) in [5.74, 6) is 12.3. The number of hydrazine groups is 1. The van der Waals surface area contributed by atoms with Crippen LogP contribution in [0, 0.1) is 6.92 Å². The highest BCUT2D eigenvalue weighted by molar-refractivity contribution is 6.03. The van der Waals surface area contributed by atoms with Crippen molar-refractivity contribution < 1.29 is 0 Å². The van der Waals surface area contributed by atoms with Gasteiger partial charge in [-0.1, -0.05) is 42.0 Å². The lowest BCUT2D eigenvalue weighted by atomic mass is 10.0. The minimum atomic E-state index is 0.291. The number of hydrogen-bond donors (Lipinski definition) is 4. The van der Waals surface area contributed by atoms with Gasteiger partial charge in [-0.05, 0) is 24.6 Å². The van der Waals surface area contributed by atoms with Gasteiger partial charge in [0, 0.05) is 16.5 Å². The Balaban J connectivity index is 2.06. The fourth-order valence-electron chi connectivity index (χ4n) is 2.94. The van der Waals surface area contributed by atoms with Crippen molar-refractivity contribution in [1.29, 1.82) is 0 Å². The van der Waals surface area contributed by atoms with Gasteiger partial charge in [0.15, 0.2) is 0 Å². The second-order valence-electron chi connectivity index (χ2n) is 5.65. The van der Waals surface area contributed by atoms with Crippen molar-refractivity contribution in [3.63, 3.8) is 0 Å². The lowest BCUT2D eigenvalue weighted by Gasteiger charge is -2.06. The maximum atomic E-state index is 6.07. The van der Waals surface area contributed by atoms with Crippen molar-refractivity contribution in [3.05, 3.63) is 54.1 Å². The highest BCUT2D eigenvalue weighted by Gasteiger charge is 2.20. The van der Waals surface area contributed by atoms with E-state index in [9.17, 15) is 0 Å². The molecule has 2 aromatic heterocycles. The number of aromatic nitrogens is 4. The number of anilines is 1. The Morgan fingerprint density at radius 3 is 2.58 bits per heavy atom. The van der Waals surface area contributed by atoms with Crippen LogP contribution >= 0.6 is 0 Å². The second kappa shape index (κ2) is 5.39. The van der Waals surface area contributed by atoms with Gasteiger partial charge in [0.1, 0.15) is 0 Å². The van der Waals surface area contributed by atoms with Crippen molar-refractivity contribution >= 4 is 16.9 Å². The van der Waals surface area contributed by atoms with Crippen LogP contribution in [0.4, 0.5) is 5.95 Å². The second-order valence-corrected chi connectivity index (χ2v) is 5.65. The molecule has 0 fully saturated rings. The van der Waals surface area contributed by atoms with Crippen LogP contribution in [-0.2, 0) is 0 Å². The van der Waals surface area contributed by atoms with Crippen molar-refractivity contribution in [3.8, 4) is 22.6 Å². The number of fused-ring (bicyclic) bond motifs is 1. The summed E-state index contributed by atoms with van der Waals surface area (Å²) in [5.41, 5.74) is 7.56. The lowest BCUT2D eigenvalue weighted by Crippen LogP contribution is -2.18. The molecule has 0 bridgehead atoms. The molecule has 0 spiro atoms. The number of hydrogen-bond acceptors (Lipinski definition) is 5. The van der Waals surface area contributed by atoms with E-state index >= 15 is 0 Å². The minimum absolute atomic E-state index is 0.291. The zero-order valence-corrected chi connectivity index (χ0v) is 13.1. The molecule has 120 valence electrons. The Kier molecular flexibility index (Phi) is 3.21. The third kappa shape index (κ3) is 2.10. The molecule has 4 aromatic rings. The van der Waals surface area contributed by atoms with Gasteiger partial charge < -0.3 is 10.8 Å². The van der Waals surface area contributed by atoms with Crippen LogP contribution in [0.2, 0.25) is 0 Å². The zero-order valence-electron chi connectivity index (χ0n) is 13.1. The van der Waals surface area contributed by atoms with Crippen LogP contribution in [0.3, 0.4) is 0 Å². The quantitative estimate of drug-likeness (QED) is 0.342. The first-order valence-electron chi connectivity index (χ1n) is 7.54. The Labute approximate surface area is 138 Å². The van der Waals surface area contributed by atoms with Crippen molar-refractivity contribution in [1.82, 2.24) is 19.9 Å². The third-order valence-electron chi connectivity index (χ3n) is 4.07. The number of H-pyrrole nitrogens is 1. The zero-order chi connectivity index (χ0) is 16.7. The standard InChI is InChI=1S/C17H17N7/c1-10-7-8-13-12(9-10)14(11-5-3-2-4-6-11)15(20-13)16-22-23-17(21-18)24(16)19/h2-9,20H,18-19H2,1H3,(H,21,23). The van der Waals surface area contributed by atoms with Crippen LogP contribution in [0.15, 0.2) is 48.5 Å². The van der Waals surface area contributed by atoms with E-state index in [2.05, 4.69) is 57.9 Å². The topological polar surface area (TPSA) is 111 Å². The average molecular weight is 319 g/mol. The fourth-order valence-corrected chi connectivity index (χ4v) is 2.94. The number of nitrogen functional groups attached to an aromatic ring is 2. The molecular formula is C17H17N7. The normalized spacial score (nSPS) is 11.1. The summed E-state index contributed by atoms with van der Waals surface area (Å²) < 4.78 is 1.34. The monoisotopic (exact) mass is 319 g/mol. The van der Waals surface area contributed by atoms with Gasteiger partial charge in [-0.3, -0.25) is 5.43 Å². The van der Waals surface area contributed by atoms with Crippen LogP contribution in [-0.4, -0.2) is 19.9 Å². The molecule has 0 aliphatic rings. The molecule has 7 nitrogen and oxygen atoms in total. The van der Waals surface area contributed by atoms with Gasteiger partial charge in [-0.25, -0.2) is 10.5 Å². The first-order valence-corrected chi connectivity index (χ1v) is 7.54. The van der Waals surface area contributed by atoms with Gasteiger partial charge in [0.05, 0.1) is 5.69 Å². The van der Waals surface area contributed by atoms with Crippen LogP contribution in [0.1, 0.15) is 5.56 Å². The number of aromatic amines is 1. The molecular weight excluding hydrogens is 302 g/mol. The number of benzene rings is 2. The molecule has 24 heavy (non-hydrogen) atoms. The molecule has 0 atom stereocenters. The smallest absolute Gasteiger partial charge is 0.257 e. The molecule has 0 radical (unpaired) electrons. The molecule has 0 aliphatic heterocycles. The number of rotatable bonds is 3. The maximum Gasteiger partial charge on any atom is 0.257 e. The van der Waals surface area contributed by atoms with Gasteiger partial charge in [-0.2, -0.15) is 0 Å². The highest BCUT2D eigenvalue weighted by atomic mass is 15.5. The van der Waals surface area contributed by atoms with Crippen LogP contribution in [0.5, 0.6) is 0 Å². The number of nitrogens with one attached hydrogen (secondary N) is 2. The summed E-state index contributed by atoms with van der Waals surface area (Å²) in [6.45, 7) is 2.07. The third-order valence-corrected chi connectivity index (χ3v) is 4.07. The summed E-state index contributed by atoms with van der Waals surface area (Å²) in [7, 11) is 0. The van der Waals surface area contributed by atoms with E-state index in [4.69, 9.17) is 11.7 Å². The molecule has 0 saturated carbocycles. The van der Waals surface area contributed by atoms with Gasteiger partial charge in [-0.15, -0.1) is 10.2 Å². The Morgan fingerprint density at radius 2 is 1.88 bits per heavy atom. The van der Waals surface area contributed by atoms with Crippen molar-refractivity contribution in [2.45, 2.75) is 6.92 Å². The highest BCUT2D eigenvalue weighted by Crippen LogP contribution is 2.37. The van der Waals surface area contributed by atoms with Crippen molar-refractivity contribution in [2.75, 3.05) is 11.3 Å². The Hall–Kier alpha value is -3.32. The van der Waals surface area contributed by atoms with E-state index in [1.54, 1.807) is 0 Å². The largest absolute Gasteiger partial charge is 0.351 e. The molecule has 0 saturated heterocycles. The predicted molar refractivity (Wildman–Crippen MR) is 95.4 cm³/mol. The molecule has 2 heterocycles. The van der Waals surface area contributed by atoms with Gasteiger partial charge in [0.2, 0.25) is 5.82 Å². The SMILES string of the molecule is Cc1ccc2[nH]c(-c3nnc(NN)n3N)c(-c3ccccc3)c2c1. The molecule has 0 unspecified atom stereocenters. The predicted octanol–water partition coefficient (Wildman–Crippen LogP) is 2.40. The summed E-state index contributed by atoms with van der Waals surface area (Å²) in [6, 6.07) is 16.4. The molecule has 2 aromatic carbocycles. The van der Waals surface area contributed by atoms with E-state index in [1.165, 1.54) is 10.2 Å². The van der Waals surface area contributed by atoms with E-state index in [0.29, 0.717) is 11.8 Å². The van der Waals surface area contributed by atoms with Crippen LogP contribution in [0.25, 0.3) is 33.5 Å². The number of nitrogens with two attached hydrogens (primary N) is 2. The first-order chi connectivity index (χ1) is 11.7. The van der Waals surface area contributed by atoms with Gasteiger partial charge >= 0.3 is 0 Å². The Bertz CT molecular complexity index is 1010. The minimum Gasteiger partial charge on any atom is -0.351 e. The molecule has 0 aliphatic carbocycles. The molecule has 4 rings (SSSR count). The fraction of sp³-hybridized carbons (Fsp3) is 0.0588. The number of aryl methyl sites for hydroxylation is 1. The Morgan fingerprint density at radius 1 is 1.08 bits per heavy atom. The van der Waals surface area contributed by atoms with E-state index in [-0.39, 0.29) is 0 Å². The average Bonchev–Trinajstić information content (AvgIpc) is 3.15. The molecule has 0 amide bonds. The van der Waals surface area contributed by atoms with E-state index in [1.807, 2.05) is 18.2 Å². The van der Waals surface area contributed by atoms with Crippen molar-refractivity contribution in [2.24, 2.45) is 5.84 Å². The van der Waals surface area contributed by atoms with E-state index < -0.39 is 0 Å². The summed E-state index contributed by atoms with van der Waals surface area (Å²) >= 11 is 0.